The number of carbonyl (C=O) groups excluding carboxylic acids is 1. The van der Waals surface area contributed by atoms with E-state index in [1.54, 1.807) is 18.2 Å². The van der Waals surface area contributed by atoms with Crippen molar-refractivity contribution < 1.29 is 4.79 Å². The second kappa shape index (κ2) is 4.63. The molecule has 3 nitrogen and oxygen atoms in total. The van der Waals surface area contributed by atoms with Crippen molar-refractivity contribution in [2.75, 3.05) is 5.32 Å². The summed E-state index contributed by atoms with van der Waals surface area (Å²) in [5, 5.41) is 2.71. The highest BCUT2D eigenvalue weighted by atomic mass is 35.5. The van der Waals surface area contributed by atoms with Crippen LogP contribution in [0.25, 0.3) is 0 Å². The topological polar surface area (TPSA) is 42.0 Å². The van der Waals surface area contributed by atoms with Crippen molar-refractivity contribution in [3.8, 4) is 0 Å². The van der Waals surface area contributed by atoms with Gasteiger partial charge in [-0.15, -0.1) is 11.3 Å². The fraction of sp³-hybridized carbons (Fsp3) is 0.0909. The average Bonchev–Trinajstić information content (AvgIpc) is 2.65. The van der Waals surface area contributed by atoms with Crippen LogP contribution in [-0.2, 0) is 0 Å². The van der Waals surface area contributed by atoms with E-state index in [0.29, 0.717) is 15.0 Å². The minimum Gasteiger partial charge on any atom is -0.306 e. The average molecular weight is 253 g/mol. The van der Waals surface area contributed by atoms with Crippen LogP contribution in [0, 0.1) is 6.92 Å². The number of carbonyl (C=O) groups is 1. The molecule has 5 heteroatoms. The number of aryl methyl sites for hydroxylation is 1. The number of rotatable bonds is 2. The molecular weight excluding hydrogens is 244 g/mol. The number of amides is 1. The van der Waals surface area contributed by atoms with Gasteiger partial charge in [0, 0.05) is 5.69 Å². The third-order valence-corrected chi connectivity index (χ3v) is 3.16. The van der Waals surface area contributed by atoms with Gasteiger partial charge in [0.25, 0.3) is 5.91 Å². The van der Waals surface area contributed by atoms with Crippen molar-refractivity contribution >= 4 is 34.7 Å². The first-order valence-electron chi connectivity index (χ1n) is 4.65. The molecule has 1 amide bonds. The molecule has 2 rings (SSSR count). The van der Waals surface area contributed by atoms with Gasteiger partial charge in [-0.3, -0.25) is 4.79 Å². The van der Waals surface area contributed by atoms with Gasteiger partial charge in [0.1, 0.15) is 5.82 Å². The van der Waals surface area contributed by atoms with Gasteiger partial charge in [0.05, 0.1) is 9.21 Å². The molecule has 0 saturated heterocycles. The first-order valence-corrected chi connectivity index (χ1v) is 5.85. The van der Waals surface area contributed by atoms with Crippen molar-refractivity contribution in [2.45, 2.75) is 6.92 Å². The van der Waals surface area contributed by atoms with E-state index < -0.39 is 0 Å². The molecule has 2 aromatic rings. The largest absolute Gasteiger partial charge is 0.306 e. The van der Waals surface area contributed by atoms with Gasteiger partial charge in [0.2, 0.25) is 0 Å². The summed E-state index contributed by atoms with van der Waals surface area (Å²) in [5.74, 6) is 0.365. The van der Waals surface area contributed by atoms with Crippen LogP contribution >= 0.6 is 22.9 Å². The van der Waals surface area contributed by atoms with Crippen molar-refractivity contribution in [1.82, 2.24) is 4.98 Å². The van der Waals surface area contributed by atoms with Gasteiger partial charge < -0.3 is 5.32 Å². The van der Waals surface area contributed by atoms with Gasteiger partial charge in [-0.05, 0) is 31.2 Å². The van der Waals surface area contributed by atoms with E-state index in [-0.39, 0.29) is 5.91 Å². The Kier molecular flexibility index (Phi) is 3.22. The molecule has 82 valence electrons. The summed E-state index contributed by atoms with van der Waals surface area (Å²) < 4.78 is 0.599. The number of thiophene rings is 1. The van der Waals surface area contributed by atoms with Crippen molar-refractivity contribution in [3.05, 3.63) is 45.2 Å². The van der Waals surface area contributed by atoms with Gasteiger partial charge in [-0.25, -0.2) is 4.98 Å². The first kappa shape index (κ1) is 11.1. The lowest BCUT2D eigenvalue weighted by atomic mass is 10.3. The number of nitrogens with zero attached hydrogens (tertiary/aromatic N) is 1. The standard InChI is InChI=1S/C11H9ClN2OS/c1-7-3-2-4-10(13-7)14-11(15)8-5-6-9(12)16-8/h2-6H,1H3,(H,13,14,15). The van der Waals surface area contributed by atoms with Crippen LogP contribution in [0.5, 0.6) is 0 Å². The van der Waals surface area contributed by atoms with E-state index in [1.807, 2.05) is 19.1 Å². The maximum Gasteiger partial charge on any atom is 0.266 e. The van der Waals surface area contributed by atoms with Crippen LogP contribution in [0.15, 0.2) is 30.3 Å². The summed E-state index contributed by atoms with van der Waals surface area (Å²) in [6.07, 6.45) is 0. The fourth-order valence-electron chi connectivity index (χ4n) is 1.23. The zero-order chi connectivity index (χ0) is 11.5. The number of halogens is 1. The third kappa shape index (κ3) is 2.59. The molecule has 0 saturated carbocycles. The van der Waals surface area contributed by atoms with E-state index in [0.717, 1.165) is 5.69 Å². The summed E-state index contributed by atoms with van der Waals surface area (Å²) in [4.78, 5) is 16.5. The number of hydrogen-bond donors (Lipinski definition) is 1. The number of aromatic nitrogens is 1. The lowest BCUT2D eigenvalue weighted by Crippen LogP contribution is -2.11. The van der Waals surface area contributed by atoms with Crippen molar-refractivity contribution in [1.29, 1.82) is 0 Å². The first-order chi connectivity index (χ1) is 7.65. The minimum atomic E-state index is -0.185. The maximum atomic E-state index is 11.7. The molecule has 0 atom stereocenters. The van der Waals surface area contributed by atoms with Gasteiger partial charge in [-0.1, -0.05) is 17.7 Å². The fourth-order valence-corrected chi connectivity index (χ4v) is 2.17. The molecule has 0 aliphatic heterocycles. The Labute approximate surface area is 102 Å². The molecule has 0 radical (unpaired) electrons. The maximum absolute atomic E-state index is 11.7. The molecule has 2 heterocycles. The predicted octanol–water partition coefficient (Wildman–Crippen LogP) is 3.36. The lowest BCUT2D eigenvalue weighted by Gasteiger charge is -2.02. The van der Waals surface area contributed by atoms with Crippen molar-refractivity contribution in [3.63, 3.8) is 0 Å². The van der Waals surface area contributed by atoms with E-state index in [2.05, 4.69) is 10.3 Å². The molecule has 0 unspecified atom stereocenters. The number of anilines is 1. The Hall–Kier alpha value is -1.39. The molecule has 0 aliphatic carbocycles. The molecule has 2 aromatic heterocycles. The predicted molar refractivity (Wildman–Crippen MR) is 66.3 cm³/mol. The highest BCUT2D eigenvalue weighted by Gasteiger charge is 2.09. The highest BCUT2D eigenvalue weighted by Crippen LogP contribution is 2.22. The molecule has 0 spiro atoms. The molecule has 0 aliphatic rings. The highest BCUT2D eigenvalue weighted by molar-refractivity contribution is 7.18. The summed E-state index contributed by atoms with van der Waals surface area (Å²) in [5.41, 5.74) is 0.863. The van der Waals surface area contributed by atoms with Gasteiger partial charge in [0.15, 0.2) is 0 Å². The smallest absolute Gasteiger partial charge is 0.266 e. The third-order valence-electron chi connectivity index (χ3n) is 1.93. The normalized spacial score (nSPS) is 10.1. The van der Waals surface area contributed by atoms with Gasteiger partial charge in [-0.2, -0.15) is 0 Å². The second-order valence-electron chi connectivity index (χ2n) is 3.22. The number of hydrogen-bond acceptors (Lipinski definition) is 3. The van der Waals surface area contributed by atoms with Crippen LogP contribution in [0.4, 0.5) is 5.82 Å². The summed E-state index contributed by atoms with van der Waals surface area (Å²) in [6.45, 7) is 1.87. The van der Waals surface area contributed by atoms with Gasteiger partial charge >= 0.3 is 0 Å². The zero-order valence-electron chi connectivity index (χ0n) is 8.53. The molecule has 0 fully saturated rings. The SMILES string of the molecule is Cc1cccc(NC(=O)c2ccc(Cl)s2)n1. The Morgan fingerprint density at radius 3 is 2.81 bits per heavy atom. The molecule has 1 N–H and O–H groups in total. The van der Waals surface area contributed by atoms with Crippen LogP contribution in [-0.4, -0.2) is 10.9 Å². The van der Waals surface area contributed by atoms with Crippen LogP contribution in [0.2, 0.25) is 4.34 Å². The summed E-state index contributed by atoms with van der Waals surface area (Å²) in [6, 6.07) is 8.86. The summed E-state index contributed by atoms with van der Waals surface area (Å²) >= 11 is 7.00. The Balaban J connectivity index is 2.13. The molecule has 0 aromatic carbocycles. The van der Waals surface area contributed by atoms with Crippen LogP contribution in [0.3, 0.4) is 0 Å². The zero-order valence-corrected chi connectivity index (χ0v) is 10.1. The molecule has 16 heavy (non-hydrogen) atoms. The van der Waals surface area contributed by atoms with E-state index in [1.165, 1.54) is 11.3 Å². The Morgan fingerprint density at radius 2 is 2.19 bits per heavy atom. The second-order valence-corrected chi connectivity index (χ2v) is 4.94. The Morgan fingerprint density at radius 1 is 1.38 bits per heavy atom. The monoisotopic (exact) mass is 252 g/mol. The molecule has 0 bridgehead atoms. The number of pyridine rings is 1. The minimum absolute atomic E-state index is 0.185. The summed E-state index contributed by atoms with van der Waals surface area (Å²) in [7, 11) is 0. The number of nitrogens with one attached hydrogen (secondary N) is 1. The lowest BCUT2D eigenvalue weighted by molar-refractivity contribution is 0.103. The Bertz CT molecular complexity index is 524. The van der Waals surface area contributed by atoms with E-state index >= 15 is 0 Å². The van der Waals surface area contributed by atoms with E-state index in [9.17, 15) is 4.79 Å². The molecular formula is C11H9ClN2OS. The quantitative estimate of drug-likeness (QED) is 0.891. The van der Waals surface area contributed by atoms with Crippen molar-refractivity contribution in [2.24, 2.45) is 0 Å². The van der Waals surface area contributed by atoms with Crippen LogP contribution < -0.4 is 5.32 Å². The van der Waals surface area contributed by atoms with E-state index in [4.69, 9.17) is 11.6 Å². The van der Waals surface area contributed by atoms with Crippen LogP contribution in [0.1, 0.15) is 15.4 Å².